The molecule has 0 saturated heterocycles. The molecule has 0 aliphatic carbocycles. The van der Waals surface area contributed by atoms with Crippen LogP contribution in [0.5, 0.6) is 0 Å². The van der Waals surface area contributed by atoms with Crippen LogP contribution in [0.15, 0.2) is 0 Å². The monoisotopic (exact) mass is 266 g/mol. The molecular weight excluding hydrogens is 236 g/mol. The van der Waals surface area contributed by atoms with Gasteiger partial charge in [-0.1, -0.05) is 13.3 Å². The number of hydrogen-bond donors (Lipinski definition) is 1. The molecule has 0 aromatic carbocycles. The number of aliphatic hydroxyl groups is 1. The standard InChI is InChI=1S/C9H22O3Si.C3H8O/c1-5-9-13(10-6-2,11-7-3)12-8-4;1-3(2)4/h5-9H2,1-4H3;3-4H,1-2H3. The van der Waals surface area contributed by atoms with Crippen LogP contribution in [0.3, 0.4) is 0 Å². The van der Waals surface area contributed by atoms with Gasteiger partial charge in [0.1, 0.15) is 0 Å². The SMILES string of the molecule is CC(C)O.CCC[Si](OCC)(OCC)OCC. The normalized spacial score (nSPS) is 11.3. The van der Waals surface area contributed by atoms with Crippen LogP contribution in [0.4, 0.5) is 0 Å². The second-order valence-electron chi connectivity index (χ2n) is 3.83. The van der Waals surface area contributed by atoms with Gasteiger partial charge in [0, 0.05) is 32.0 Å². The molecule has 0 saturated carbocycles. The minimum atomic E-state index is -2.30. The van der Waals surface area contributed by atoms with Gasteiger partial charge in [-0.25, -0.2) is 0 Å². The number of rotatable bonds is 8. The zero-order chi connectivity index (χ0) is 13.7. The van der Waals surface area contributed by atoms with Gasteiger partial charge in [0.2, 0.25) is 0 Å². The van der Waals surface area contributed by atoms with Crippen molar-refractivity contribution in [3.63, 3.8) is 0 Å². The quantitative estimate of drug-likeness (QED) is 0.686. The molecule has 0 aliphatic heterocycles. The van der Waals surface area contributed by atoms with E-state index < -0.39 is 8.80 Å². The van der Waals surface area contributed by atoms with E-state index in [-0.39, 0.29) is 6.10 Å². The van der Waals surface area contributed by atoms with Crippen molar-refractivity contribution >= 4 is 8.80 Å². The summed E-state index contributed by atoms with van der Waals surface area (Å²) in [6.45, 7) is 13.5. The lowest BCUT2D eigenvalue weighted by Crippen LogP contribution is -2.45. The topological polar surface area (TPSA) is 47.9 Å². The van der Waals surface area contributed by atoms with Crippen molar-refractivity contribution in [1.82, 2.24) is 0 Å². The van der Waals surface area contributed by atoms with Gasteiger partial charge >= 0.3 is 8.80 Å². The maximum absolute atomic E-state index is 8.06. The highest BCUT2D eigenvalue weighted by Crippen LogP contribution is 2.17. The molecule has 5 heteroatoms. The van der Waals surface area contributed by atoms with Crippen LogP contribution < -0.4 is 0 Å². The second-order valence-corrected chi connectivity index (χ2v) is 6.56. The van der Waals surface area contributed by atoms with Crippen molar-refractivity contribution in [2.45, 2.75) is 60.1 Å². The lowest BCUT2D eigenvalue weighted by atomic mass is 10.5. The van der Waals surface area contributed by atoms with Crippen molar-refractivity contribution in [3.05, 3.63) is 0 Å². The Hall–Kier alpha value is 0.0569. The molecule has 0 aliphatic rings. The maximum Gasteiger partial charge on any atom is 0.500 e. The Morgan fingerprint density at radius 1 is 0.882 bits per heavy atom. The molecule has 0 amide bonds. The van der Waals surface area contributed by atoms with E-state index in [0.717, 1.165) is 12.5 Å². The average molecular weight is 266 g/mol. The summed E-state index contributed by atoms with van der Waals surface area (Å²) in [6.07, 6.45) is 0.881. The molecule has 0 rings (SSSR count). The van der Waals surface area contributed by atoms with Crippen LogP contribution in [0.1, 0.15) is 48.0 Å². The Labute approximate surface area is 108 Å². The molecule has 0 fully saturated rings. The smallest absolute Gasteiger partial charge is 0.394 e. The summed E-state index contributed by atoms with van der Waals surface area (Å²) in [4.78, 5) is 0. The zero-order valence-corrected chi connectivity index (χ0v) is 13.3. The summed E-state index contributed by atoms with van der Waals surface area (Å²) in [5, 5.41) is 8.06. The van der Waals surface area contributed by atoms with Crippen molar-refractivity contribution in [1.29, 1.82) is 0 Å². The lowest BCUT2D eigenvalue weighted by molar-refractivity contribution is 0.0712. The van der Waals surface area contributed by atoms with E-state index in [4.69, 9.17) is 18.4 Å². The molecule has 4 nitrogen and oxygen atoms in total. The molecular formula is C12H30O4Si. The van der Waals surface area contributed by atoms with Crippen molar-refractivity contribution in [2.24, 2.45) is 0 Å². The summed E-state index contributed by atoms with van der Waals surface area (Å²) in [6, 6.07) is 0.919. The van der Waals surface area contributed by atoms with Crippen molar-refractivity contribution in [3.8, 4) is 0 Å². The third-order valence-electron chi connectivity index (χ3n) is 1.65. The Balaban J connectivity index is 0. The van der Waals surface area contributed by atoms with E-state index in [0.29, 0.717) is 19.8 Å². The Kier molecular flexibility index (Phi) is 14.3. The fourth-order valence-electron chi connectivity index (χ4n) is 1.31. The van der Waals surface area contributed by atoms with E-state index in [1.54, 1.807) is 13.8 Å². The van der Waals surface area contributed by atoms with Gasteiger partial charge < -0.3 is 18.4 Å². The molecule has 0 radical (unpaired) electrons. The summed E-state index contributed by atoms with van der Waals surface area (Å²) in [5.41, 5.74) is 0. The van der Waals surface area contributed by atoms with E-state index >= 15 is 0 Å². The van der Waals surface area contributed by atoms with E-state index in [2.05, 4.69) is 6.92 Å². The highest BCUT2D eigenvalue weighted by Gasteiger charge is 2.38. The van der Waals surface area contributed by atoms with Crippen LogP contribution in [-0.4, -0.2) is 39.8 Å². The van der Waals surface area contributed by atoms with E-state index in [9.17, 15) is 0 Å². The predicted octanol–water partition coefficient (Wildman–Crippen LogP) is 2.83. The van der Waals surface area contributed by atoms with Gasteiger partial charge in [0.15, 0.2) is 0 Å². The van der Waals surface area contributed by atoms with Crippen LogP contribution in [0.2, 0.25) is 6.04 Å². The molecule has 106 valence electrons. The molecule has 1 N–H and O–H groups in total. The zero-order valence-electron chi connectivity index (χ0n) is 12.3. The molecule has 0 heterocycles. The first-order chi connectivity index (χ1) is 7.97. The third-order valence-corrected chi connectivity index (χ3v) is 4.95. The minimum Gasteiger partial charge on any atom is -0.394 e. The van der Waals surface area contributed by atoms with Gasteiger partial charge in [-0.05, 0) is 34.6 Å². The van der Waals surface area contributed by atoms with E-state index in [1.807, 2.05) is 20.8 Å². The first kappa shape index (κ1) is 19.4. The van der Waals surface area contributed by atoms with Crippen molar-refractivity contribution < 1.29 is 18.4 Å². The van der Waals surface area contributed by atoms with Gasteiger partial charge in [0.25, 0.3) is 0 Å². The molecule has 0 aromatic heterocycles. The van der Waals surface area contributed by atoms with Gasteiger partial charge in [-0.15, -0.1) is 0 Å². The molecule has 0 spiro atoms. The molecule has 0 atom stereocenters. The minimum absolute atomic E-state index is 0.167. The van der Waals surface area contributed by atoms with Crippen LogP contribution in [0, 0.1) is 0 Å². The first-order valence-electron chi connectivity index (χ1n) is 6.57. The third kappa shape index (κ3) is 12.3. The fourth-order valence-corrected chi connectivity index (χ4v) is 3.92. The Morgan fingerprint density at radius 2 is 1.18 bits per heavy atom. The van der Waals surface area contributed by atoms with Crippen LogP contribution >= 0.6 is 0 Å². The fraction of sp³-hybridized carbons (Fsp3) is 1.00. The van der Waals surface area contributed by atoms with Gasteiger partial charge in [-0.3, -0.25) is 0 Å². The number of aliphatic hydroxyl groups excluding tert-OH is 1. The highest BCUT2D eigenvalue weighted by molar-refractivity contribution is 6.60. The molecule has 0 aromatic rings. The molecule has 17 heavy (non-hydrogen) atoms. The molecule has 0 bridgehead atoms. The summed E-state index contributed by atoms with van der Waals surface area (Å²) in [7, 11) is -2.30. The Morgan fingerprint density at radius 3 is 1.35 bits per heavy atom. The summed E-state index contributed by atoms with van der Waals surface area (Å²) < 4.78 is 16.9. The second kappa shape index (κ2) is 12.5. The van der Waals surface area contributed by atoms with Crippen LogP contribution in [0.25, 0.3) is 0 Å². The molecule has 0 unspecified atom stereocenters. The first-order valence-corrected chi connectivity index (χ1v) is 8.51. The van der Waals surface area contributed by atoms with Crippen LogP contribution in [-0.2, 0) is 13.3 Å². The maximum atomic E-state index is 8.06. The highest BCUT2D eigenvalue weighted by atomic mass is 28.4. The van der Waals surface area contributed by atoms with Gasteiger partial charge in [-0.2, -0.15) is 0 Å². The predicted molar refractivity (Wildman–Crippen MR) is 73.1 cm³/mol. The Bertz CT molecular complexity index is 121. The van der Waals surface area contributed by atoms with Crippen molar-refractivity contribution in [2.75, 3.05) is 19.8 Å². The van der Waals surface area contributed by atoms with Gasteiger partial charge in [0.05, 0.1) is 0 Å². The lowest BCUT2D eigenvalue weighted by Gasteiger charge is -2.27. The summed E-state index contributed by atoms with van der Waals surface area (Å²) >= 11 is 0. The average Bonchev–Trinajstić information content (AvgIpc) is 2.18. The largest absolute Gasteiger partial charge is 0.500 e. The summed E-state index contributed by atoms with van der Waals surface area (Å²) in [5.74, 6) is 0. The number of hydrogen-bond acceptors (Lipinski definition) is 4. The van der Waals surface area contributed by atoms with E-state index in [1.165, 1.54) is 0 Å².